The zero-order valence-corrected chi connectivity index (χ0v) is 13.2. The molecule has 0 saturated carbocycles. The van der Waals surface area contributed by atoms with Gasteiger partial charge in [0.1, 0.15) is 0 Å². The Morgan fingerprint density at radius 3 is 2.74 bits per heavy atom. The van der Waals surface area contributed by atoms with Gasteiger partial charge in [-0.3, -0.25) is 4.79 Å². The Labute approximate surface area is 138 Å². The van der Waals surface area contributed by atoms with E-state index in [0.717, 1.165) is 11.1 Å². The fourth-order valence-corrected chi connectivity index (χ4v) is 2.22. The maximum Gasteiger partial charge on any atom is 0.257 e. The van der Waals surface area contributed by atoms with E-state index < -0.39 is 0 Å². The predicted molar refractivity (Wildman–Crippen MR) is 88.3 cm³/mol. The van der Waals surface area contributed by atoms with Gasteiger partial charge in [0.15, 0.2) is 5.82 Å². The van der Waals surface area contributed by atoms with Crippen molar-refractivity contribution in [1.29, 1.82) is 0 Å². The van der Waals surface area contributed by atoms with Gasteiger partial charge in [-0.15, -0.1) is 0 Å². The molecule has 3 rings (SSSR count). The van der Waals surface area contributed by atoms with Crippen LogP contribution in [0, 0.1) is 6.92 Å². The van der Waals surface area contributed by atoms with Crippen molar-refractivity contribution in [3.8, 4) is 11.5 Å². The average molecular weight is 328 g/mol. The number of halogens is 1. The van der Waals surface area contributed by atoms with Crippen molar-refractivity contribution in [2.75, 3.05) is 5.32 Å². The molecule has 0 spiro atoms. The second kappa shape index (κ2) is 6.62. The van der Waals surface area contributed by atoms with Crippen LogP contribution in [-0.2, 0) is 11.2 Å². The topological polar surface area (TPSA) is 68.0 Å². The van der Waals surface area contributed by atoms with E-state index in [4.69, 9.17) is 16.1 Å². The highest BCUT2D eigenvalue weighted by Gasteiger charge is 2.12. The van der Waals surface area contributed by atoms with E-state index in [0.29, 0.717) is 22.4 Å². The van der Waals surface area contributed by atoms with Crippen LogP contribution in [0.15, 0.2) is 53.1 Å². The number of carbonyl (C=O) groups excluding carboxylic acids is 1. The first kappa shape index (κ1) is 15.2. The summed E-state index contributed by atoms with van der Waals surface area (Å²) in [6, 6.07) is 14.8. The Bertz CT molecular complexity index is 831. The highest BCUT2D eigenvalue weighted by molar-refractivity contribution is 6.31. The second-order valence-corrected chi connectivity index (χ2v) is 5.48. The van der Waals surface area contributed by atoms with Gasteiger partial charge in [-0.25, -0.2) is 0 Å². The SMILES string of the molecule is Cc1ccc(NC(=O)Cc2noc(-c3ccccc3)n2)cc1Cl. The molecule has 0 radical (unpaired) electrons. The van der Waals surface area contributed by atoms with Gasteiger partial charge in [0.25, 0.3) is 5.89 Å². The minimum Gasteiger partial charge on any atom is -0.334 e. The summed E-state index contributed by atoms with van der Waals surface area (Å²) in [5.41, 5.74) is 2.41. The lowest BCUT2D eigenvalue weighted by atomic mass is 10.2. The number of anilines is 1. The average Bonchev–Trinajstić information content (AvgIpc) is 3.00. The van der Waals surface area contributed by atoms with E-state index in [1.807, 2.05) is 43.3 Å². The zero-order chi connectivity index (χ0) is 16.2. The summed E-state index contributed by atoms with van der Waals surface area (Å²) in [6.45, 7) is 1.90. The molecule has 0 saturated heterocycles. The number of nitrogens with one attached hydrogen (secondary N) is 1. The molecule has 1 N–H and O–H groups in total. The molecule has 0 bridgehead atoms. The molecule has 0 aliphatic carbocycles. The van der Waals surface area contributed by atoms with Gasteiger partial charge < -0.3 is 9.84 Å². The number of amides is 1. The van der Waals surface area contributed by atoms with Gasteiger partial charge in [-0.05, 0) is 36.8 Å². The van der Waals surface area contributed by atoms with Crippen LogP contribution >= 0.6 is 11.6 Å². The zero-order valence-electron chi connectivity index (χ0n) is 12.4. The molecule has 0 aliphatic heterocycles. The van der Waals surface area contributed by atoms with Crippen molar-refractivity contribution < 1.29 is 9.32 Å². The molecule has 0 unspecified atom stereocenters. The van der Waals surface area contributed by atoms with Gasteiger partial charge in [-0.2, -0.15) is 4.98 Å². The lowest BCUT2D eigenvalue weighted by Gasteiger charge is -2.05. The van der Waals surface area contributed by atoms with Crippen LogP contribution in [0.4, 0.5) is 5.69 Å². The quantitative estimate of drug-likeness (QED) is 0.789. The van der Waals surface area contributed by atoms with E-state index in [-0.39, 0.29) is 12.3 Å². The van der Waals surface area contributed by atoms with E-state index in [1.165, 1.54) is 0 Å². The molecule has 0 aliphatic rings. The smallest absolute Gasteiger partial charge is 0.257 e. The molecule has 5 nitrogen and oxygen atoms in total. The van der Waals surface area contributed by atoms with Crippen LogP contribution in [-0.4, -0.2) is 16.0 Å². The van der Waals surface area contributed by atoms with Crippen molar-refractivity contribution in [2.45, 2.75) is 13.3 Å². The molecular weight excluding hydrogens is 314 g/mol. The van der Waals surface area contributed by atoms with Crippen LogP contribution in [0.25, 0.3) is 11.5 Å². The third kappa shape index (κ3) is 3.76. The number of aromatic nitrogens is 2. The number of carbonyl (C=O) groups is 1. The predicted octanol–water partition coefficient (Wildman–Crippen LogP) is 3.88. The van der Waals surface area contributed by atoms with E-state index in [2.05, 4.69) is 15.5 Å². The van der Waals surface area contributed by atoms with Crippen LogP contribution in [0.2, 0.25) is 5.02 Å². The standard InChI is InChI=1S/C17H14ClN3O2/c1-11-7-8-13(9-14(11)18)19-16(22)10-15-20-17(23-21-15)12-5-3-2-4-6-12/h2-9H,10H2,1H3,(H,19,22). The van der Waals surface area contributed by atoms with Gasteiger partial charge in [0.2, 0.25) is 5.91 Å². The minimum absolute atomic E-state index is 0.0296. The van der Waals surface area contributed by atoms with E-state index in [1.54, 1.807) is 12.1 Å². The molecule has 0 fully saturated rings. The first-order valence-electron chi connectivity index (χ1n) is 7.06. The Balaban J connectivity index is 1.66. The Kier molecular flexibility index (Phi) is 4.39. The molecular formula is C17H14ClN3O2. The summed E-state index contributed by atoms with van der Waals surface area (Å²) < 4.78 is 5.17. The van der Waals surface area contributed by atoms with Crippen LogP contribution in [0.5, 0.6) is 0 Å². The number of benzene rings is 2. The summed E-state index contributed by atoms with van der Waals surface area (Å²) in [5, 5.41) is 7.20. The monoisotopic (exact) mass is 327 g/mol. The molecule has 1 heterocycles. The van der Waals surface area contributed by atoms with Crippen molar-refractivity contribution in [3.63, 3.8) is 0 Å². The molecule has 0 atom stereocenters. The summed E-state index contributed by atoms with van der Waals surface area (Å²) in [4.78, 5) is 16.3. The van der Waals surface area contributed by atoms with Crippen molar-refractivity contribution in [2.24, 2.45) is 0 Å². The summed E-state index contributed by atoms with van der Waals surface area (Å²) in [7, 11) is 0. The molecule has 1 amide bonds. The Hall–Kier alpha value is -2.66. The third-order valence-corrected chi connectivity index (χ3v) is 3.67. The molecule has 6 heteroatoms. The number of hydrogen-bond acceptors (Lipinski definition) is 4. The maximum absolute atomic E-state index is 12.0. The number of nitrogens with zero attached hydrogens (tertiary/aromatic N) is 2. The highest BCUT2D eigenvalue weighted by atomic mass is 35.5. The second-order valence-electron chi connectivity index (χ2n) is 5.07. The van der Waals surface area contributed by atoms with Crippen molar-refractivity contribution in [3.05, 3.63) is 64.9 Å². The summed E-state index contributed by atoms with van der Waals surface area (Å²) >= 11 is 6.04. The van der Waals surface area contributed by atoms with Crippen LogP contribution in [0.1, 0.15) is 11.4 Å². The fourth-order valence-electron chi connectivity index (χ4n) is 2.04. The summed E-state index contributed by atoms with van der Waals surface area (Å²) in [6.07, 6.45) is 0.0296. The Morgan fingerprint density at radius 2 is 2.00 bits per heavy atom. The lowest BCUT2D eigenvalue weighted by molar-refractivity contribution is -0.115. The molecule has 3 aromatic rings. The van der Waals surface area contributed by atoms with Gasteiger partial charge in [-0.1, -0.05) is 41.0 Å². The third-order valence-electron chi connectivity index (χ3n) is 3.26. The molecule has 2 aromatic carbocycles. The van der Waals surface area contributed by atoms with E-state index >= 15 is 0 Å². The largest absolute Gasteiger partial charge is 0.334 e. The van der Waals surface area contributed by atoms with Gasteiger partial charge >= 0.3 is 0 Å². The van der Waals surface area contributed by atoms with E-state index in [9.17, 15) is 4.79 Å². The maximum atomic E-state index is 12.0. The van der Waals surface area contributed by atoms with Gasteiger partial charge in [0, 0.05) is 16.3 Å². The Morgan fingerprint density at radius 1 is 1.22 bits per heavy atom. The number of rotatable bonds is 4. The summed E-state index contributed by atoms with van der Waals surface area (Å²) in [5.74, 6) is 0.497. The van der Waals surface area contributed by atoms with Crippen LogP contribution < -0.4 is 5.32 Å². The van der Waals surface area contributed by atoms with Gasteiger partial charge in [0.05, 0.1) is 6.42 Å². The molecule has 23 heavy (non-hydrogen) atoms. The normalized spacial score (nSPS) is 10.5. The first-order valence-corrected chi connectivity index (χ1v) is 7.43. The molecule has 1 aromatic heterocycles. The van der Waals surface area contributed by atoms with Crippen molar-refractivity contribution >= 4 is 23.2 Å². The fraction of sp³-hybridized carbons (Fsp3) is 0.118. The number of aryl methyl sites for hydroxylation is 1. The van der Waals surface area contributed by atoms with Crippen molar-refractivity contribution in [1.82, 2.24) is 10.1 Å². The minimum atomic E-state index is -0.231. The number of hydrogen-bond donors (Lipinski definition) is 1. The molecule has 116 valence electrons. The first-order chi connectivity index (χ1) is 11.1. The van der Waals surface area contributed by atoms with Crippen LogP contribution in [0.3, 0.4) is 0 Å². The highest BCUT2D eigenvalue weighted by Crippen LogP contribution is 2.20. The lowest BCUT2D eigenvalue weighted by Crippen LogP contribution is -2.15.